The van der Waals surface area contributed by atoms with Gasteiger partial charge in [0, 0.05) is 36.8 Å². The zero-order chi connectivity index (χ0) is 26.1. The van der Waals surface area contributed by atoms with Crippen molar-refractivity contribution in [2.24, 2.45) is 0 Å². The summed E-state index contributed by atoms with van der Waals surface area (Å²) >= 11 is 9.91. The second-order valence-corrected chi connectivity index (χ2v) is 12.9. The van der Waals surface area contributed by atoms with Gasteiger partial charge in [-0.25, -0.2) is 17.7 Å². The number of aromatic nitrogens is 3. The van der Waals surface area contributed by atoms with Crippen LogP contribution in [-0.2, 0) is 15.4 Å². The van der Waals surface area contributed by atoms with Gasteiger partial charge in [-0.1, -0.05) is 62.7 Å². The maximum absolute atomic E-state index is 13.0. The van der Waals surface area contributed by atoms with Gasteiger partial charge in [0.1, 0.15) is 5.82 Å². The molecule has 0 amide bonds. The molecular formula is C26H29BrClN5O2S. The maximum atomic E-state index is 13.0. The van der Waals surface area contributed by atoms with Crippen LogP contribution in [0.5, 0.6) is 0 Å². The van der Waals surface area contributed by atoms with E-state index < -0.39 is 10.0 Å². The van der Waals surface area contributed by atoms with Gasteiger partial charge in [-0.15, -0.1) is 0 Å². The highest BCUT2D eigenvalue weighted by Crippen LogP contribution is 2.30. The van der Waals surface area contributed by atoms with E-state index in [9.17, 15) is 8.42 Å². The summed E-state index contributed by atoms with van der Waals surface area (Å²) in [7, 11) is -1.96. The van der Waals surface area contributed by atoms with Gasteiger partial charge in [0.15, 0.2) is 5.65 Å². The monoisotopic (exact) mass is 589 g/mol. The Balaban J connectivity index is 1.45. The van der Waals surface area contributed by atoms with Crippen molar-refractivity contribution in [2.75, 3.05) is 25.5 Å². The van der Waals surface area contributed by atoms with Gasteiger partial charge in [0.2, 0.25) is 10.0 Å². The van der Waals surface area contributed by atoms with Crippen LogP contribution in [0.3, 0.4) is 0 Å². The zero-order valence-corrected chi connectivity index (χ0v) is 23.8. The van der Waals surface area contributed by atoms with E-state index in [1.54, 1.807) is 29.9 Å². The molecule has 0 fully saturated rings. The van der Waals surface area contributed by atoms with Crippen LogP contribution in [0.4, 0.5) is 5.82 Å². The van der Waals surface area contributed by atoms with E-state index in [0.717, 1.165) is 27.1 Å². The third kappa shape index (κ3) is 5.59. The summed E-state index contributed by atoms with van der Waals surface area (Å²) in [5.41, 5.74) is 3.26. The summed E-state index contributed by atoms with van der Waals surface area (Å²) in [6.45, 7) is 7.22. The van der Waals surface area contributed by atoms with E-state index in [1.807, 2.05) is 42.5 Å². The number of benzene rings is 2. The minimum absolute atomic E-state index is 0.0336. The van der Waals surface area contributed by atoms with E-state index in [4.69, 9.17) is 16.6 Å². The van der Waals surface area contributed by atoms with Gasteiger partial charge in [0.25, 0.3) is 0 Å². The van der Waals surface area contributed by atoms with E-state index in [2.05, 4.69) is 47.1 Å². The number of rotatable bonds is 8. The summed E-state index contributed by atoms with van der Waals surface area (Å²) < 4.78 is 29.9. The van der Waals surface area contributed by atoms with Crippen molar-refractivity contribution >= 4 is 49.0 Å². The predicted octanol–water partition coefficient (Wildman–Crippen LogP) is 6.23. The fraction of sp³-hybridized carbons (Fsp3) is 0.308. The van der Waals surface area contributed by atoms with Crippen LogP contribution in [0.25, 0.3) is 16.9 Å². The minimum atomic E-state index is -3.57. The van der Waals surface area contributed by atoms with Crippen molar-refractivity contribution in [2.45, 2.75) is 37.5 Å². The molecule has 0 saturated heterocycles. The van der Waals surface area contributed by atoms with Crippen molar-refractivity contribution in [3.8, 4) is 11.3 Å². The average molecular weight is 591 g/mol. The molecule has 190 valence electrons. The van der Waals surface area contributed by atoms with Crippen LogP contribution in [0.15, 0.2) is 70.2 Å². The lowest BCUT2D eigenvalue weighted by atomic mass is 9.87. The van der Waals surface area contributed by atoms with Crippen molar-refractivity contribution in [1.82, 2.24) is 18.9 Å². The molecule has 2 heterocycles. The summed E-state index contributed by atoms with van der Waals surface area (Å²) in [4.78, 5) is 5.01. The Labute approximate surface area is 225 Å². The Hall–Kier alpha value is -2.46. The van der Waals surface area contributed by atoms with E-state index >= 15 is 0 Å². The molecule has 0 aliphatic rings. The predicted molar refractivity (Wildman–Crippen MR) is 149 cm³/mol. The molecule has 10 heteroatoms. The molecule has 4 aromatic rings. The van der Waals surface area contributed by atoms with E-state index in [1.165, 1.54) is 4.31 Å². The Morgan fingerprint density at radius 3 is 2.47 bits per heavy atom. The lowest BCUT2D eigenvalue weighted by Gasteiger charge is -2.21. The molecule has 0 bridgehead atoms. The maximum Gasteiger partial charge on any atom is 0.242 e. The highest BCUT2D eigenvalue weighted by atomic mass is 79.9. The molecule has 0 aliphatic carbocycles. The van der Waals surface area contributed by atoms with Crippen LogP contribution in [0, 0.1) is 0 Å². The Bertz CT molecular complexity index is 1480. The largest absolute Gasteiger partial charge is 0.370 e. The highest BCUT2D eigenvalue weighted by Gasteiger charge is 2.22. The number of nitrogens with one attached hydrogen (secondary N) is 1. The molecule has 7 nitrogen and oxygen atoms in total. The lowest BCUT2D eigenvalue weighted by Crippen LogP contribution is -2.29. The third-order valence-electron chi connectivity index (χ3n) is 5.96. The number of halogens is 2. The summed E-state index contributed by atoms with van der Waals surface area (Å²) in [5, 5.41) is 8.38. The topological polar surface area (TPSA) is 79.6 Å². The minimum Gasteiger partial charge on any atom is -0.370 e. The van der Waals surface area contributed by atoms with Gasteiger partial charge in [-0.05, 0) is 51.5 Å². The quantitative estimate of drug-likeness (QED) is 0.246. The summed E-state index contributed by atoms with van der Waals surface area (Å²) in [6.07, 6.45) is 2.29. The molecule has 0 unspecified atom stereocenters. The highest BCUT2D eigenvalue weighted by molar-refractivity contribution is 9.10. The van der Waals surface area contributed by atoms with E-state index in [0.29, 0.717) is 35.1 Å². The molecule has 36 heavy (non-hydrogen) atoms. The van der Waals surface area contributed by atoms with Crippen LogP contribution < -0.4 is 5.32 Å². The molecule has 0 spiro atoms. The third-order valence-corrected chi connectivity index (χ3v) is 8.72. The first-order chi connectivity index (χ1) is 17.0. The Morgan fingerprint density at radius 2 is 1.81 bits per heavy atom. The van der Waals surface area contributed by atoms with Gasteiger partial charge in [-0.2, -0.15) is 9.61 Å². The standard InChI is InChI=1S/C26H29BrClN5O2S/c1-26(2,3)18-10-12-19(13-11-18)36(34,35)32(4)15-7-14-29-24-16-23(20-8-5-6-9-22(20)28)31-25-21(27)17-30-33(24)25/h5-6,8-13,16-17,29H,7,14-15H2,1-4H3. The normalized spacial score (nSPS) is 12.4. The summed E-state index contributed by atoms with van der Waals surface area (Å²) in [6, 6.07) is 16.6. The van der Waals surface area contributed by atoms with Gasteiger partial charge < -0.3 is 5.32 Å². The van der Waals surface area contributed by atoms with Crippen LogP contribution in [0.1, 0.15) is 32.8 Å². The van der Waals surface area contributed by atoms with Gasteiger partial charge in [-0.3, -0.25) is 0 Å². The number of sulfonamides is 1. The first kappa shape index (κ1) is 26.6. The van der Waals surface area contributed by atoms with Gasteiger partial charge >= 0.3 is 0 Å². The van der Waals surface area contributed by atoms with Crippen molar-refractivity contribution in [1.29, 1.82) is 0 Å². The molecule has 0 aliphatic heterocycles. The first-order valence-electron chi connectivity index (χ1n) is 11.6. The van der Waals surface area contributed by atoms with Crippen LogP contribution >= 0.6 is 27.5 Å². The number of hydrogen-bond acceptors (Lipinski definition) is 5. The van der Waals surface area contributed by atoms with Crippen molar-refractivity contribution < 1.29 is 8.42 Å². The molecule has 1 N–H and O–H groups in total. The Kier molecular flexibility index (Phi) is 7.75. The van der Waals surface area contributed by atoms with Crippen molar-refractivity contribution in [3.05, 3.63) is 75.9 Å². The second kappa shape index (κ2) is 10.5. The van der Waals surface area contributed by atoms with Crippen LogP contribution in [-0.4, -0.2) is 47.5 Å². The molecule has 0 atom stereocenters. The smallest absolute Gasteiger partial charge is 0.242 e. The molecule has 2 aromatic carbocycles. The number of hydrogen-bond donors (Lipinski definition) is 1. The Morgan fingerprint density at radius 1 is 1.11 bits per heavy atom. The fourth-order valence-electron chi connectivity index (χ4n) is 3.81. The number of anilines is 1. The first-order valence-corrected chi connectivity index (χ1v) is 14.2. The second-order valence-electron chi connectivity index (χ2n) is 9.62. The molecule has 2 aromatic heterocycles. The van der Waals surface area contributed by atoms with Crippen molar-refractivity contribution in [3.63, 3.8) is 0 Å². The molecule has 0 radical (unpaired) electrons. The number of nitrogens with zero attached hydrogens (tertiary/aromatic N) is 4. The zero-order valence-electron chi connectivity index (χ0n) is 20.7. The summed E-state index contributed by atoms with van der Waals surface area (Å²) in [5.74, 6) is 0.740. The van der Waals surface area contributed by atoms with Crippen LogP contribution in [0.2, 0.25) is 5.02 Å². The van der Waals surface area contributed by atoms with E-state index in [-0.39, 0.29) is 5.41 Å². The molecule has 0 saturated carbocycles. The van der Waals surface area contributed by atoms with Gasteiger partial charge in [0.05, 0.1) is 21.3 Å². The lowest BCUT2D eigenvalue weighted by molar-refractivity contribution is 0.465. The molecular weight excluding hydrogens is 562 g/mol. The average Bonchev–Trinajstić information content (AvgIpc) is 3.22. The molecule has 4 rings (SSSR count). The number of fused-ring (bicyclic) bond motifs is 1. The SMILES string of the molecule is CN(CCCNc1cc(-c2ccccc2Cl)nc2c(Br)cnn12)S(=O)(=O)c1ccc(C(C)(C)C)cc1. The fourth-order valence-corrected chi connectivity index (χ4v) is 5.60.